The van der Waals surface area contributed by atoms with E-state index in [1.165, 1.54) is 6.42 Å². The van der Waals surface area contributed by atoms with Crippen LogP contribution in [0.3, 0.4) is 0 Å². The van der Waals surface area contributed by atoms with Gasteiger partial charge in [-0.15, -0.1) is 0 Å². The van der Waals surface area contributed by atoms with Crippen LogP contribution in [0.2, 0.25) is 0 Å². The fraction of sp³-hybridized carbons (Fsp3) is 0.875. The van der Waals surface area contributed by atoms with Gasteiger partial charge in [-0.05, 0) is 12.3 Å². The topological polar surface area (TPSA) is 32.3 Å². The summed E-state index contributed by atoms with van der Waals surface area (Å²) in [5.74, 6) is 0.735. The van der Waals surface area contributed by atoms with Gasteiger partial charge in [-0.2, -0.15) is 0 Å². The first-order valence-electron chi connectivity index (χ1n) is 4.13. The molecular formula is C8H16N2O. The van der Waals surface area contributed by atoms with Gasteiger partial charge in [-0.3, -0.25) is 0 Å². The van der Waals surface area contributed by atoms with Gasteiger partial charge in [0.2, 0.25) is 0 Å². The van der Waals surface area contributed by atoms with E-state index < -0.39 is 0 Å². The van der Waals surface area contributed by atoms with Gasteiger partial charge < -0.3 is 10.2 Å². The Morgan fingerprint density at radius 3 is 2.64 bits per heavy atom. The normalized spacial score (nSPS) is 27.9. The molecule has 11 heavy (non-hydrogen) atoms. The molecule has 1 fully saturated rings. The fourth-order valence-corrected chi connectivity index (χ4v) is 1.16. The Kier molecular flexibility index (Phi) is 2.37. The van der Waals surface area contributed by atoms with Crippen LogP contribution in [0.1, 0.15) is 19.8 Å². The molecule has 0 radical (unpaired) electrons. The van der Waals surface area contributed by atoms with Crippen LogP contribution in [0, 0.1) is 5.92 Å². The minimum absolute atomic E-state index is 0.0333. The summed E-state index contributed by atoms with van der Waals surface area (Å²) in [5.41, 5.74) is 0. The Labute approximate surface area is 67.8 Å². The molecule has 0 aromatic heterocycles. The van der Waals surface area contributed by atoms with E-state index in [1.54, 1.807) is 19.0 Å². The van der Waals surface area contributed by atoms with Crippen LogP contribution >= 0.6 is 0 Å². The monoisotopic (exact) mass is 156 g/mol. The largest absolute Gasteiger partial charge is 0.335 e. The third-order valence-corrected chi connectivity index (χ3v) is 2.16. The average molecular weight is 156 g/mol. The molecule has 3 heteroatoms. The highest BCUT2D eigenvalue weighted by molar-refractivity contribution is 5.74. The molecule has 2 atom stereocenters. The van der Waals surface area contributed by atoms with E-state index in [1.807, 2.05) is 0 Å². The van der Waals surface area contributed by atoms with Crippen molar-refractivity contribution in [3.8, 4) is 0 Å². The Hall–Kier alpha value is -0.730. The first-order chi connectivity index (χ1) is 5.15. The molecule has 1 saturated carbocycles. The Morgan fingerprint density at radius 2 is 2.27 bits per heavy atom. The number of nitrogens with one attached hydrogen (secondary N) is 1. The number of nitrogens with zero attached hydrogens (tertiary/aromatic N) is 1. The molecule has 0 aromatic rings. The highest BCUT2D eigenvalue weighted by Gasteiger charge is 2.36. The molecule has 2 amide bonds. The van der Waals surface area contributed by atoms with Crippen molar-refractivity contribution in [3.05, 3.63) is 0 Å². The molecule has 1 N–H and O–H groups in total. The van der Waals surface area contributed by atoms with E-state index in [9.17, 15) is 4.79 Å². The Bertz CT molecular complexity index is 156. The number of carbonyl (C=O) groups is 1. The van der Waals surface area contributed by atoms with Gasteiger partial charge >= 0.3 is 6.03 Å². The van der Waals surface area contributed by atoms with Gasteiger partial charge in [0.05, 0.1) is 0 Å². The van der Waals surface area contributed by atoms with Crippen LogP contribution in [0.4, 0.5) is 4.79 Å². The summed E-state index contributed by atoms with van der Waals surface area (Å²) in [6, 6.07) is 0.487. The number of hydrogen-bond donors (Lipinski definition) is 1. The standard InChI is InChI=1S/C8H16N2O/c1-4-6-5-7(6)9-8(11)10(2)3/h6-7H,4-5H2,1-3H3,(H,9,11). The van der Waals surface area contributed by atoms with Crippen LogP contribution in [-0.4, -0.2) is 31.1 Å². The number of hydrogen-bond acceptors (Lipinski definition) is 1. The van der Waals surface area contributed by atoms with Crippen molar-refractivity contribution < 1.29 is 4.79 Å². The number of amides is 2. The van der Waals surface area contributed by atoms with Crippen molar-refractivity contribution in [1.29, 1.82) is 0 Å². The van der Waals surface area contributed by atoms with Crippen LogP contribution < -0.4 is 5.32 Å². The Balaban J connectivity index is 2.18. The molecule has 2 unspecified atom stereocenters. The van der Waals surface area contributed by atoms with Crippen LogP contribution in [0.5, 0.6) is 0 Å². The molecule has 1 aliphatic rings. The van der Waals surface area contributed by atoms with Gasteiger partial charge in [-0.1, -0.05) is 13.3 Å². The first-order valence-corrected chi connectivity index (χ1v) is 4.13. The molecule has 0 heterocycles. The summed E-state index contributed by atoms with van der Waals surface area (Å²) in [4.78, 5) is 12.6. The minimum atomic E-state index is 0.0333. The molecule has 3 nitrogen and oxygen atoms in total. The zero-order chi connectivity index (χ0) is 8.43. The van der Waals surface area contributed by atoms with E-state index in [4.69, 9.17) is 0 Å². The lowest BCUT2D eigenvalue weighted by Crippen LogP contribution is -2.36. The van der Waals surface area contributed by atoms with Crippen LogP contribution in [-0.2, 0) is 0 Å². The van der Waals surface area contributed by atoms with Crippen molar-refractivity contribution in [2.24, 2.45) is 5.92 Å². The lowest BCUT2D eigenvalue weighted by molar-refractivity contribution is 0.216. The predicted octanol–water partition coefficient (Wildman–Crippen LogP) is 1.06. The summed E-state index contributed by atoms with van der Waals surface area (Å²) in [6.07, 6.45) is 2.34. The molecule has 0 saturated heterocycles. The molecule has 0 aliphatic heterocycles. The summed E-state index contributed by atoms with van der Waals surface area (Å²) in [6.45, 7) is 2.16. The van der Waals surface area contributed by atoms with E-state index in [0.717, 1.165) is 12.3 Å². The second-order valence-electron chi connectivity index (χ2n) is 3.35. The maximum absolute atomic E-state index is 11.1. The summed E-state index contributed by atoms with van der Waals surface area (Å²) >= 11 is 0. The van der Waals surface area contributed by atoms with Crippen molar-refractivity contribution in [3.63, 3.8) is 0 Å². The maximum atomic E-state index is 11.1. The van der Waals surface area contributed by atoms with E-state index in [-0.39, 0.29) is 6.03 Å². The van der Waals surface area contributed by atoms with Gasteiger partial charge in [0.25, 0.3) is 0 Å². The first kappa shape index (κ1) is 8.37. The number of carbonyl (C=O) groups excluding carboxylic acids is 1. The smallest absolute Gasteiger partial charge is 0.317 e. The lowest BCUT2D eigenvalue weighted by atomic mass is 10.3. The fourth-order valence-electron chi connectivity index (χ4n) is 1.16. The molecule has 1 aliphatic carbocycles. The van der Waals surface area contributed by atoms with Crippen molar-refractivity contribution >= 4 is 6.03 Å². The quantitative estimate of drug-likeness (QED) is 0.637. The lowest BCUT2D eigenvalue weighted by Gasteiger charge is -2.11. The zero-order valence-electron chi connectivity index (χ0n) is 7.42. The minimum Gasteiger partial charge on any atom is -0.335 e. The molecular weight excluding hydrogens is 140 g/mol. The highest BCUT2D eigenvalue weighted by Crippen LogP contribution is 2.32. The SMILES string of the molecule is CCC1CC1NC(=O)N(C)C. The maximum Gasteiger partial charge on any atom is 0.317 e. The van der Waals surface area contributed by atoms with Crippen LogP contribution in [0.15, 0.2) is 0 Å². The summed E-state index contributed by atoms with van der Waals surface area (Å²) < 4.78 is 0. The predicted molar refractivity (Wildman–Crippen MR) is 44.4 cm³/mol. The van der Waals surface area contributed by atoms with Crippen molar-refractivity contribution in [2.75, 3.05) is 14.1 Å². The Morgan fingerprint density at radius 1 is 1.64 bits per heavy atom. The molecule has 0 spiro atoms. The van der Waals surface area contributed by atoms with E-state index >= 15 is 0 Å². The van der Waals surface area contributed by atoms with Crippen LogP contribution in [0.25, 0.3) is 0 Å². The van der Waals surface area contributed by atoms with E-state index in [2.05, 4.69) is 12.2 Å². The third kappa shape index (κ3) is 2.10. The summed E-state index contributed by atoms with van der Waals surface area (Å²) in [7, 11) is 3.53. The number of urea groups is 1. The molecule has 0 aromatic carbocycles. The van der Waals surface area contributed by atoms with Gasteiger partial charge in [0, 0.05) is 20.1 Å². The highest BCUT2D eigenvalue weighted by atomic mass is 16.2. The van der Waals surface area contributed by atoms with Gasteiger partial charge in [0.15, 0.2) is 0 Å². The molecule has 64 valence electrons. The zero-order valence-corrected chi connectivity index (χ0v) is 7.42. The number of rotatable bonds is 2. The average Bonchev–Trinajstić information content (AvgIpc) is 2.67. The van der Waals surface area contributed by atoms with Gasteiger partial charge in [-0.25, -0.2) is 4.79 Å². The van der Waals surface area contributed by atoms with Crippen molar-refractivity contribution in [2.45, 2.75) is 25.8 Å². The third-order valence-electron chi connectivity index (χ3n) is 2.16. The second kappa shape index (κ2) is 3.11. The molecule has 1 rings (SSSR count). The van der Waals surface area contributed by atoms with E-state index in [0.29, 0.717) is 6.04 Å². The second-order valence-corrected chi connectivity index (χ2v) is 3.35. The van der Waals surface area contributed by atoms with Gasteiger partial charge in [0.1, 0.15) is 0 Å². The molecule has 0 bridgehead atoms. The van der Waals surface area contributed by atoms with Crippen molar-refractivity contribution in [1.82, 2.24) is 10.2 Å². The summed E-state index contributed by atoms with van der Waals surface area (Å²) in [5, 5.41) is 2.94.